The van der Waals surface area contributed by atoms with Gasteiger partial charge in [-0.05, 0) is 12.1 Å². The first-order valence-electron chi connectivity index (χ1n) is 3.46. The standard InChI is InChI=1S/C8H9N3O/c1-6(12)11-8(9)7-2-4-10-5-3-7/h2-5H,1H3,(H2,9,11,12). The van der Waals surface area contributed by atoms with Crippen LogP contribution in [0.5, 0.6) is 0 Å². The summed E-state index contributed by atoms with van der Waals surface area (Å²) in [5.41, 5.74) is 0.653. The molecule has 1 amide bonds. The Morgan fingerprint density at radius 3 is 2.58 bits per heavy atom. The summed E-state index contributed by atoms with van der Waals surface area (Å²) in [7, 11) is 0. The molecule has 62 valence electrons. The van der Waals surface area contributed by atoms with E-state index in [1.807, 2.05) is 0 Å². The summed E-state index contributed by atoms with van der Waals surface area (Å²) in [6.45, 7) is 1.37. The van der Waals surface area contributed by atoms with Crippen molar-refractivity contribution in [2.75, 3.05) is 0 Å². The quantitative estimate of drug-likeness (QED) is 0.469. The molecule has 0 spiro atoms. The number of hydrogen-bond donors (Lipinski definition) is 2. The first kappa shape index (κ1) is 8.39. The Balaban J connectivity index is 2.73. The molecule has 0 aliphatic rings. The van der Waals surface area contributed by atoms with Crippen molar-refractivity contribution in [2.24, 2.45) is 0 Å². The lowest BCUT2D eigenvalue weighted by molar-refractivity contribution is -0.117. The number of nitrogens with one attached hydrogen (secondary N) is 2. The van der Waals surface area contributed by atoms with Gasteiger partial charge in [-0.2, -0.15) is 0 Å². The average molecular weight is 163 g/mol. The summed E-state index contributed by atoms with van der Waals surface area (Å²) >= 11 is 0. The molecule has 4 nitrogen and oxygen atoms in total. The zero-order valence-electron chi connectivity index (χ0n) is 6.66. The van der Waals surface area contributed by atoms with E-state index in [4.69, 9.17) is 5.41 Å². The average Bonchev–Trinajstić information content (AvgIpc) is 2.05. The predicted molar refractivity (Wildman–Crippen MR) is 44.9 cm³/mol. The van der Waals surface area contributed by atoms with Crippen LogP contribution >= 0.6 is 0 Å². The lowest BCUT2D eigenvalue weighted by Gasteiger charge is -2.02. The van der Waals surface area contributed by atoms with Crippen LogP contribution in [0.25, 0.3) is 0 Å². The molecular weight excluding hydrogens is 154 g/mol. The molecule has 0 radical (unpaired) electrons. The number of rotatable bonds is 1. The van der Waals surface area contributed by atoms with Crippen molar-refractivity contribution in [1.82, 2.24) is 10.3 Å². The summed E-state index contributed by atoms with van der Waals surface area (Å²) in [5, 5.41) is 9.78. The van der Waals surface area contributed by atoms with Crippen molar-refractivity contribution >= 4 is 11.7 Å². The minimum Gasteiger partial charge on any atom is -0.311 e. The molecular formula is C8H9N3O. The van der Waals surface area contributed by atoms with Crippen LogP contribution in [0.1, 0.15) is 12.5 Å². The van der Waals surface area contributed by atoms with E-state index in [-0.39, 0.29) is 11.7 Å². The Kier molecular flexibility index (Phi) is 2.53. The fraction of sp³-hybridized carbons (Fsp3) is 0.125. The van der Waals surface area contributed by atoms with Crippen LogP contribution in [-0.4, -0.2) is 16.7 Å². The third kappa shape index (κ3) is 2.16. The van der Waals surface area contributed by atoms with E-state index in [9.17, 15) is 4.79 Å². The first-order valence-corrected chi connectivity index (χ1v) is 3.46. The normalized spacial score (nSPS) is 9.08. The molecule has 0 atom stereocenters. The Hall–Kier alpha value is -1.71. The van der Waals surface area contributed by atoms with Gasteiger partial charge in [0, 0.05) is 24.9 Å². The first-order chi connectivity index (χ1) is 5.70. The van der Waals surface area contributed by atoms with E-state index < -0.39 is 0 Å². The molecule has 0 aliphatic carbocycles. The number of hydrogen-bond acceptors (Lipinski definition) is 3. The number of carbonyl (C=O) groups excluding carboxylic acids is 1. The van der Waals surface area contributed by atoms with Gasteiger partial charge in [0.2, 0.25) is 5.91 Å². The van der Waals surface area contributed by atoms with E-state index in [0.717, 1.165) is 0 Å². The van der Waals surface area contributed by atoms with Crippen LogP contribution < -0.4 is 5.32 Å². The highest BCUT2D eigenvalue weighted by Gasteiger charge is 2.00. The molecule has 0 saturated carbocycles. The van der Waals surface area contributed by atoms with E-state index >= 15 is 0 Å². The minimum absolute atomic E-state index is 0.102. The molecule has 1 aromatic heterocycles. The van der Waals surface area contributed by atoms with E-state index in [1.165, 1.54) is 6.92 Å². The lowest BCUT2D eigenvalue weighted by Crippen LogP contribution is -2.27. The van der Waals surface area contributed by atoms with Crippen molar-refractivity contribution in [2.45, 2.75) is 6.92 Å². The van der Waals surface area contributed by atoms with Crippen molar-refractivity contribution in [3.05, 3.63) is 30.1 Å². The van der Waals surface area contributed by atoms with Gasteiger partial charge >= 0.3 is 0 Å². The van der Waals surface area contributed by atoms with Crippen LogP contribution in [0.4, 0.5) is 0 Å². The van der Waals surface area contributed by atoms with Gasteiger partial charge in [0.1, 0.15) is 5.84 Å². The molecule has 1 heterocycles. The van der Waals surface area contributed by atoms with Crippen molar-refractivity contribution < 1.29 is 4.79 Å². The molecule has 1 rings (SSSR count). The van der Waals surface area contributed by atoms with Gasteiger partial charge in [-0.15, -0.1) is 0 Å². The predicted octanol–water partition coefficient (Wildman–Crippen LogP) is 0.543. The number of amidine groups is 1. The third-order valence-electron chi connectivity index (χ3n) is 1.27. The number of carbonyl (C=O) groups is 1. The van der Waals surface area contributed by atoms with Gasteiger partial charge in [-0.3, -0.25) is 15.2 Å². The number of aromatic nitrogens is 1. The Morgan fingerprint density at radius 2 is 2.08 bits per heavy atom. The second-order valence-corrected chi connectivity index (χ2v) is 2.29. The topological polar surface area (TPSA) is 65.8 Å². The van der Waals surface area contributed by atoms with E-state index in [1.54, 1.807) is 24.5 Å². The molecule has 1 aromatic rings. The maximum atomic E-state index is 10.6. The van der Waals surface area contributed by atoms with Gasteiger partial charge < -0.3 is 5.32 Å². The molecule has 4 heteroatoms. The molecule has 0 unspecified atom stereocenters. The van der Waals surface area contributed by atoms with Crippen LogP contribution in [-0.2, 0) is 4.79 Å². The van der Waals surface area contributed by atoms with Gasteiger partial charge in [0.25, 0.3) is 0 Å². The number of pyridine rings is 1. The zero-order chi connectivity index (χ0) is 8.97. The minimum atomic E-state index is -0.239. The van der Waals surface area contributed by atoms with Crippen LogP contribution in [0.15, 0.2) is 24.5 Å². The lowest BCUT2D eigenvalue weighted by atomic mass is 10.2. The Labute approximate surface area is 70.1 Å². The summed E-state index contributed by atoms with van der Waals surface area (Å²) in [6, 6.07) is 3.33. The molecule has 12 heavy (non-hydrogen) atoms. The highest BCUT2D eigenvalue weighted by Crippen LogP contribution is 1.94. The summed E-state index contributed by atoms with van der Waals surface area (Å²) < 4.78 is 0. The maximum absolute atomic E-state index is 10.6. The fourth-order valence-corrected chi connectivity index (χ4v) is 0.767. The Morgan fingerprint density at radius 1 is 1.50 bits per heavy atom. The largest absolute Gasteiger partial charge is 0.311 e. The molecule has 2 N–H and O–H groups in total. The van der Waals surface area contributed by atoms with Crippen LogP contribution in [0, 0.1) is 5.41 Å². The summed E-state index contributed by atoms with van der Waals surface area (Å²) in [5.74, 6) is -0.137. The van der Waals surface area contributed by atoms with Crippen molar-refractivity contribution in [3.63, 3.8) is 0 Å². The highest BCUT2D eigenvalue weighted by atomic mass is 16.1. The Bertz CT molecular complexity index is 294. The summed E-state index contributed by atoms with van der Waals surface area (Å²) in [6.07, 6.45) is 3.15. The van der Waals surface area contributed by atoms with Gasteiger partial charge in [0.15, 0.2) is 0 Å². The van der Waals surface area contributed by atoms with Gasteiger partial charge in [-0.25, -0.2) is 0 Å². The molecule has 0 saturated heterocycles. The maximum Gasteiger partial charge on any atom is 0.222 e. The number of nitrogens with zero attached hydrogens (tertiary/aromatic N) is 1. The highest BCUT2D eigenvalue weighted by molar-refractivity contribution is 6.05. The van der Waals surface area contributed by atoms with Crippen molar-refractivity contribution in [3.8, 4) is 0 Å². The van der Waals surface area contributed by atoms with E-state index in [2.05, 4.69) is 10.3 Å². The van der Waals surface area contributed by atoms with Gasteiger partial charge in [-0.1, -0.05) is 0 Å². The molecule has 0 bridgehead atoms. The second-order valence-electron chi connectivity index (χ2n) is 2.29. The number of amides is 1. The van der Waals surface area contributed by atoms with E-state index in [0.29, 0.717) is 5.56 Å². The zero-order valence-corrected chi connectivity index (χ0v) is 6.66. The van der Waals surface area contributed by atoms with Crippen LogP contribution in [0.3, 0.4) is 0 Å². The van der Waals surface area contributed by atoms with Crippen LogP contribution in [0.2, 0.25) is 0 Å². The SMILES string of the molecule is CC(=O)NC(=N)c1ccncc1. The third-order valence-corrected chi connectivity index (χ3v) is 1.27. The molecule has 0 aromatic carbocycles. The van der Waals surface area contributed by atoms with Gasteiger partial charge in [0.05, 0.1) is 0 Å². The molecule has 0 aliphatic heterocycles. The monoisotopic (exact) mass is 163 g/mol. The van der Waals surface area contributed by atoms with Crippen molar-refractivity contribution in [1.29, 1.82) is 5.41 Å². The summed E-state index contributed by atoms with van der Waals surface area (Å²) in [4.78, 5) is 14.4. The smallest absolute Gasteiger partial charge is 0.222 e. The second kappa shape index (κ2) is 3.61. The molecule has 0 fully saturated rings. The fourth-order valence-electron chi connectivity index (χ4n) is 0.767.